The average molecular weight is 314 g/mol. The third-order valence-electron chi connectivity index (χ3n) is 4.88. The molecule has 122 valence electrons. The Morgan fingerprint density at radius 3 is 3.09 bits per heavy atom. The third kappa shape index (κ3) is 2.75. The van der Waals surface area contributed by atoms with Crippen LogP contribution in [0.4, 0.5) is 0 Å². The molecule has 2 aromatic rings. The van der Waals surface area contributed by atoms with Gasteiger partial charge in [-0.25, -0.2) is 0 Å². The van der Waals surface area contributed by atoms with Crippen molar-refractivity contribution in [3.63, 3.8) is 0 Å². The van der Waals surface area contributed by atoms with Crippen molar-refractivity contribution in [2.75, 3.05) is 26.3 Å². The molecule has 1 aliphatic heterocycles. The van der Waals surface area contributed by atoms with Gasteiger partial charge in [0.15, 0.2) is 0 Å². The van der Waals surface area contributed by atoms with Crippen LogP contribution in [0.25, 0.3) is 10.9 Å². The van der Waals surface area contributed by atoms with Gasteiger partial charge in [-0.3, -0.25) is 4.79 Å². The lowest BCUT2D eigenvalue weighted by molar-refractivity contribution is 0.0534. The third-order valence-corrected chi connectivity index (χ3v) is 4.88. The van der Waals surface area contributed by atoms with Crippen molar-refractivity contribution in [2.24, 2.45) is 0 Å². The van der Waals surface area contributed by atoms with E-state index in [2.05, 4.69) is 11.1 Å². The number of nitrogens with zero attached hydrogens (tertiary/aromatic N) is 1. The Bertz CT molecular complexity index is 737. The highest BCUT2D eigenvalue weighted by molar-refractivity contribution is 5.98. The van der Waals surface area contributed by atoms with Crippen molar-refractivity contribution >= 4 is 16.8 Å². The number of β-amino-alcohol motifs (C(OH)–C–C–N with tert-alkyl or cyclic N) is 1. The van der Waals surface area contributed by atoms with E-state index >= 15 is 0 Å². The zero-order chi connectivity index (χ0) is 15.8. The van der Waals surface area contributed by atoms with Crippen molar-refractivity contribution in [1.82, 2.24) is 9.88 Å². The zero-order valence-electron chi connectivity index (χ0n) is 13.2. The number of nitrogens with one attached hydrogen (secondary N) is 1. The second-order valence-electron chi connectivity index (χ2n) is 6.53. The molecule has 23 heavy (non-hydrogen) atoms. The Morgan fingerprint density at radius 1 is 1.30 bits per heavy atom. The zero-order valence-corrected chi connectivity index (χ0v) is 13.2. The molecule has 5 nitrogen and oxygen atoms in total. The molecule has 2 aliphatic rings. The predicted octanol–water partition coefficient (Wildman–Crippen LogP) is 1.88. The molecule has 1 atom stereocenters. The number of hydrogen-bond acceptors (Lipinski definition) is 3. The van der Waals surface area contributed by atoms with E-state index in [1.165, 1.54) is 29.5 Å². The van der Waals surface area contributed by atoms with Crippen molar-refractivity contribution in [2.45, 2.75) is 31.8 Å². The van der Waals surface area contributed by atoms with Crippen molar-refractivity contribution < 1.29 is 14.6 Å². The molecule has 0 unspecified atom stereocenters. The van der Waals surface area contributed by atoms with Gasteiger partial charge < -0.3 is 19.7 Å². The first-order valence-corrected chi connectivity index (χ1v) is 8.41. The number of aryl methyl sites for hydroxylation is 2. The van der Waals surface area contributed by atoms with Crippen molar-refractivity contribution in [3.8, 4) is 0 Å². The topological polar surface area (TPSA) is 65.6 Å². The molecule has 0 bridgehead atoms. The number of H-pyrrole nitrogens is 1. The standard InChI is InChI=1S/C18H22N2O3/c21-13-10-20(7-8-23-11-13)18(22)12-5-6-15-14-3-1-2-4-16(14)19-17(15)9-12/h5-6,9,13,19,21H,1-4,7-8,10-11H2/t13-/m1/s1. The molecule has 1 saturated heterocycles. The molecule has 1 aliphatic carbocycles. The summed E-state index contributed by atoms with van der Waals surface area (Å²) in [5.41, 5.74) is 4.47. The molecule has 1 fully saturated rings. The van der Waals surface area contributed by atoms with Gasteiger partial charge in [0.2, 0.25) is 0 Å². The summed E-state index contributed by atoms with van der Waals surface area (Å²) < 4.78 is 5.30. The van der Waals surface area contributed by atoms with Gasteiger partial charge in [0.05, 0.1) is 19.3 Å². The molecular formula is C18H22N2O3. The number of amides is 1. The predicted molar refractivity (Wildman–Crippen MR) is 87.7 cm³/mol. The number of carbonyl (C=O) groups is 1. The number of carbonyl (C=O) groups excluding carboxylic acids is 1. The number of benzene rings is 1. The molecule has 1 aromatic carbocycles. The van der Waals surface area contributed by atoms with Gasteiger partial charge in [-0.2, -0.15) is 0 Å². The summed E-state index contributed by atoms with van der Waals surface area (Å²) in [7, 11) is 0. The van der Waals surface area contributed by atoms with Gasteiger partial charge in [0.25, 0.3) is 5.91 Å². The van der Waals surface area contributed by atoms with Crippen LogP contribution in [-0.4, -0.2) is 53.3 Å². The van der Waals surface area contributed by atoms with E-state index in [9.17, 15) is 9.90 Å². The molecule has 0 spiro atoms. The van der Waals surface area contributed by atoms with Crippen molar-refractivity contribution in [1.29, 1.82) is 0 Å². The maximum atomic E-state index is 12.7. The SMILES string of the molecule is O=C(c1ccc2c3c([nH]c2c1)CCCC3)N1CCOC[C@H](O)C1. The Morgan fingerprint density at radius 2 is 2.17 bits per heavy atom. The van der Waals surface area contributed by atoms with Gasteiger partial charge in [0, 0.05) is 35.2 Å². The van der Waals surface area contributed by atoms with E-state index in [4.69, 9.17) is 4.74 Å². The average Bonchev–Trinajstić information content (AvgIpc) is 2.80. The largest absolute Gasteiger partial charge is 0.389 e. The van der Waals surface area contributed by atoms with Gasteiger partial charge >= 0.3 is 0 Å². The molecule has 1 aromatic heterocycles. The van der Waals surface area contributed by atoms with Gasteiger partial charge in [0.1, 0.15) is 0 Å². The summed E-state index contributed by atoms with van der Waals surface area (Å²) in [6.45, 7) is 1.63. The fourth-order valence-corrected chi connectivity index (χ4v) is 3.71. The Hall–Kier alpha value is -1.85. The second kappa shape index (κ2) is 5.98. The van der Waals surface area contributed by atoms with Gasteiger partial charge in [-0.15, -0.1) is 0 Å². The molecule has 2 heterocycles. The van der Waals surface area contributed by atoms with E-state index < -0.39 is 6.10 Å². The number of aliphatic hydroxyl groups excluding tert-OH is 1. The van der Waals surface area contributed by atoms with Crippen LogP contribution in [0, 0.1) is 0 Å². The second-order valence-corrected chi connectivity index (χ2v) is 6.53. The van der Waals surface area contributed by atoms with Crippen LogP contribution in [0.1, 0.15) is 34.5 Å². The van der Waals surface area contributed by atoms with Crippen LogP contribution in [0.2, 0.25) is 0 Å². The summed E-state index contributed by atoms with van der Waals surface area (Å²) in [4.78, 5) is 17.9. The Labute approximate surface area is 135 Å². The number of aromatic nitrogens is 1. The number of ether oxygens (including phenoxy) is 1. The van der Waals surface area contributed by atoms with Gasteiger partial charge in [-0.05, 0) is 43.4 Å². The minimum atomic E-state index is -0.608. The van der Waals surface area contributed by atoms with Crippen LogP contribution in [0.3, 0.4) is 0 Å². The lowest BCUT2D eigenvalue weighted by Gasteiger charge is -2.21. The monoisotopic (exact) mass is 314 g/mol. The molecule has 0 radical (unpaired) electrons. The van der Waals surface area contributed by atoms with Crippen LogP contribution in [0.5, 0.6) is 0 Å². The van der Waals surface area contributed by atoms with E-state index in [1.807, 2.05) is 12.1 Å². The number of hydrogen-bond donors (Lipinski definition) is 2. The molecule has 2 N–H and O–H groups in total. The number of fused-ring (bicyclic) bond motifs is 3. The molecule has 0 saturated carbocycles. The minimum Gasteiger partial charge on any atom is -0.389 e. The van der Waals surface area contributed by atoms with Crippen LogP contribution in [0.15, 0.2) is 18.2 Å². The fourth-order valence-electron chi connectivity index (χ4n) is 3.71. The van der Waals surface area contributed by atoms with Gasteiger partial charge in [-0.1, -0.05) is 6.07 Å². The number of aliphatic hydroxyl groups is 1. The lowest BCUT2D eigenvalue weighted by Crippen LogP contribution is -2.37. The van der Waals surface area contributed by atoms with E-state index in [1.54, 1.807) is 4.90 Å². The summed E-state index contributed by atoms with van der Waals surface area (Å²) in [5, 5.41) is 11.1. The number of aromatic amines is 1. The van der Waals surface area contributed by atoms with Crippen LogP contribution in [-0.2, 0) is 17.6 Å². The van der Waals surface area contributed by atoms with Crippen LogP contribution >= 0.6 is 0 Å². The molecule has 1 amide bonds. The van der Waals surface area contributed by atoms with E-state index in [0.717, 1.165) is 18.4 Å². The maximum Gasteiger partial charge on any atom is 0.254 e. The summed E-state index contributed by atoms with van der Waals surface area (Å²) >= 11 is 0. The summed E-state index contributed by atoms with van der Waals surface area (Å²) in [5.74, 6) is -0.0379. The molecule has 5 heteroatoms. The normalized spacial score (nSPS) is 22.0. The first kappa shape index (κ1) is 14.7. The summed E-state index contributed by atoms with van der Waals surface area (Å²) in [6, 6.07) is 5.92. The lowest BCUT2D eigenvalue weighted by atomic mass is 9.95. The maximum absolute atomic E-state index is 12.7. The quantitative estimate of drug-likeness (QED) is 0.844. The van der Waals surface area contributed by atoms with Crippen LogP contribution < -0.4 is 0 Å². The molecule has 4 rings (SSSR count). The van der Waals surface area contributed by atoms with E-state index in [0.29, 0.717) is 31.9 Å². The smallest absolute Gasteiger partial charge is 0.254 e. The highest BCUT2D eigenvalue weighted by Gasteiger charge is 2.23. The van der Waals surface area contributed by atoms with Crippen molar-refractivity contribution in [3.05, 3.63) is 35.0 Å². The first-order valence-electron chi connectivity index (χ1n) is 8.41. The summed E-state index contributed by atoms with van der Waals surface area (Å²) in [6.07, 6.45) is 4.09. The first-order chi connectivity index (χ1) is 11.2. The number of rotatable bonds is 1. The Balaban J connectivity index is 1.64. The molecular weight excluding hydrogens is 292 g/mol. The fraction of sp³-hybridized carbons (Fsp3) is 0.500. The highest BCUT2D eigenvalue weighted by Crippen LogP contribution is 2.29. The van der Waals surface area contributed by atoms with E-state index in [-0.39, 0.29) is 5.91 Å². The Kier molecular flexibility index (Phi) is 3.83. The minimum absolute atomic E-state index is 0.0379. The highest BCUT2D eigenvalue weighted by atomic mass is 16.5.